The lowest BCUT2D eigenvalue weighted by Crippen LogP contribution is -2.41. The maximum absolute atomic E-state index is 13.0. The number of halogens is 1. The second kappa shape index (κ2) is 4.08. The van der Waals surface area contributed by atoms with E-state index < -0.39 is 5.82 Å². The lowest BCUT2D eigenvalue weighted by Gasteiger charge is -2.34. The van der Waals surface area contributed by atoms with Crippen LogP contribution in [-0.4, -0.2) is 28.9 Å². The predicted octanol–water partition coefficient (Wildman–Crippen LogP) is 1.43. The number of pyridine rings is 1. The molecule has 1 aromatic heterocycles. The van der Waals surface area contributed by atoms with Crippen molar-refractivity contribution >= 4 is 11.7 Å². The number of carbonyl (C=O) groups excluding carboxylic acids is 1. The van der Waals surface area contributed by atoms with Crippen LogP contribution in [-0.2, 0) is 0 Å². The normalized spacial score (nSPS) is 15.6. The molecule has 1 aromatic rings. The lowest BCUT2D eigenvalue weighted by molar-refractivity contribution is 0.0652. The minimum absolute atomic E-state index is 0.0811. The monoisotopic (exact) mass is 223 g/mol. The van der Waals surface area contributed by atoms with Gasteiger partial charge >= 0.3 is 0 Å². The topological polar surface area (TPSA) is 59.2 Å². The van der Waals surface area contributed by atoms with Gasteiger partial charge < -0.3 is 10.6 Å². The average Bonchev–Trinajstić information content (AvgIpc) is 2.18. The molecule has 0 aromatic carbocycles. The first-order valence-corrected chi connectivity index (χ1v) is 5.28. The molecule has 0 aliphatic heterocycles. The van der Waals surface area contributed by atoms with E-state index in [2.05, 4.69) is 4.98 Å². The standard InChI is InChI=1S/C11H14FN3O/c1-15(8-3-2-4-8)11(16)9-5-7(12)6-14-10(9)13/h5-6,8H,2-4H2,1H3,(H2,13,14). The van der Waals surface area contributed by atoms with Gasteiger partial charge in [-0.15, -0.1) is 0 Å². The Kier molecular flexibility index (Phi) is 2.77. The summed E-state index contributed by atoms with van der Waals surface area (Å²) < 4.78 is 13.0. The zero-order valence-corrected chi connectivity index (χ0v) is 9.11. The Morgan fingerprint density at radius 3 is 2.88 bits per heavy atom. The van der Waals surface area contributed by atoms with E-state index in [-0.39, 0.29) is 23.3 Å². The van der Waals surface area contributed by atoms with Crippen LogP contribution in [0.1, 0.15) is 29.6 Å². The molecule has 2 N–H and O–H groups in total. The van der Waals surface area contributed by atoms with Gasteiger partial charge in [-0.3, -0.25) is 4.79 Å². The molecule has 16 heavy (non-hydrogen) atoms. The highest BCUT2D eigenvalue weighted by molar-refractivity contribution is 5.98. The van der Waals surface area contributed by atoms with E-state index in [4.69, 9.17) is 5.73 Å². The fourth-order valence-corrected chi connectivity index (χ4v) is 1.75. The molecule has 1 aliphatic rings. The zero-order valence-electron chi connectivity index (χ0n) is 9.11. The second-order valence-corrected chi connectivity index (χ2v) is 4.09. The maximum Gasteiger partial charge on any atom is 0.257 e. The van der Waals surface area contributed by atoms with Crippen molar-refractivity contribution in [3.63, 3.8) is 0 Å². The van der Waals surface area contributed by atoms with E-state index in [1.165, 1.54) is 0 Å². The largest absolute Gasteiger partial charge is 0.383 e. The van der Waals surface area contributed by atoms with Crippen molar-refractivity contribution in [1.82, 2.24) is 9.88 Å². The molecule has 1 fully saturated rings. The number of nitrogen functional groups attached to an aromatic ring is 1. The first kappa shape index (κ1) is 10.9. The summed E-state index contributed by atoms with van der Waals surface area (Å²) in [6, 6.07) is 1.40. The van der Waals surface area contributed by atoms with Gasteiger partial charge in [0.05, 0.1) is 11.8 Å². The van der Waals surface area contributed by atoms with Crippen molar-refractivity contribution in [3.05, 3.63) is 23.6 Å². The van der Waals surface area contributed by atoms with E-state index in [0.717, 1.165) is 31.5 Å². The molecule has 0 atom stereocenters. The van der Waals surface area contributed by atoms with Gasteiger partial charge in [0, 0.05) is 13.1 Å². The molecule has 5 heteroatoms. The maximum atomic E-state index is 13.0. The highest BCUT2D eigenvalue weighted by Gasteiger charge is 2.27. The molecule has 0 bridgehead atoms. The third-order valence-corrected chi connectivity index (χ3v) is 3.06. The molecule has 1 aliphatic carbocycles. The number of nitrogens with two attached hydrogens (primary N) is 1. The minimum Gasteiger partial charge on any atom is -0.383 e. The summed E-state index contributed by atoms with van der Waals surface area (Å²) in [6.45, 7) is 0. The summed E-state index contributed by atoms with van der Waals surface area (Å²) >= 11 is 0. The quantitative estimate of drug-likeness (QED) is 0.825. The van der Waals surface area contributed by atoms with Crippen molar-refractivity contribution in [1.29, 1.82) is 0 Å². The van der Waals surface area contributed by atoms with Crippen molar-refractivity contribution in [2.45, 2.75) is 25.3 Å². The summed E-state index contributed by atoms with van der Waals surface area (Å²) in [5.41, 5.74) is 5.71. The fourth-order valence-electron chi connectivity index (χ4n) is 1.75. The highest BCUT2D eigenvalue weighted by Crippen LogP contribution is 2.25. The predicted molar refractivity (Wildman–Crippen MR) is 58.3 cm³/mol. The number of hydrogen-bond donors (Lipinski definition) is 1. The van der Waals surface area contributed by atoms with Crippen LogP contribution in [0, 0.1) is 5.82 Å². The second-order valence-electron chi connectivity index (χ2n) is 4.09. The summed E-state index contributed by atoms with van der Waals surface area (Å²) in [5, 5.41) is 0. The van der Waals surface area contributed by atoms with Gasteiger partial charge in [-0.1, -0.05) is 0 Å². The van der Waals surface area contributed by atoms with Crippen LogP contribution in [0.3, 0.4) is 0 Å². The van der Waals surface area contributed by atoms with Gasteiger partial charge in [0.2, 0.25) is 0 Å². The lowest BCUT2D eigenvalue weighted by atomic mass is 9.91. The van der Waals surface area contributed by atoms with Crippen LogP contribution in [0.2, 0.25) is 0 Å². The first-order valence-electron chi connectivity index (χ1n) is 5.28. The number of amides is 1. The van der Waals surface area contributed by atoms with Gasteiger partial charge in [0.15, 0.2) is 0 Å². The van der Waals surface area contributed by atoms with Crippen molar-refractivity contribution in [2.75, 3.05) is 12.8 Å². The number of hydrogen-bond acceptors (Lipinski definition) is 3. The van der Waals surface area contributed by atoms with Crippen LogP contribution in [0.5, 0.6) is 0 Å². The molecular formula is C11H14FN3O. The Morgan fingerprint density at radius 1 is 1.62 bits per heavy atom. The van der Waals surface area contributed by atoms with Crippen LogP contribution < -0.4 is 5.73 Å². The Hall–Kier alpha value is -1.65. The Labute approximate surface area is 93.3 Å². The van der Waals surface area contributed by atoms with Gasteiger partial charge in [-0.25, -0.2) is 9.37 Å². The van der Waals surface area contributed by atoms with E-state index >= 15 is 0 Å². The summed E-state index contributed by atoms with van der Waals surface area (Å²) in [6.07, 6.45) is 4.16. The Bertz CT molecular complexity index is 418. The smallest absolute Gasteiger partial charge is 0.257 e. The third kappa shape index (κ3) is 1.85. The molecule has 1 heterocycles. The number of aromatic nitrogens is 1. The minimum atomic E-state index is -0.542. The molecule has 86 valence electrons. The number of carbonyl (C=O) groups is 1. The molecular weight excluding hydrogens is 209 g/mol. The molecule has 0 saturated heterocycles. The van der Waals surface area contributed by atoms with E-state index in [0.29, 0.717) is 0 Å². The average molecular weight is 223 g/mol. The van der Waals surface area contributed by atoms with E-state index in [9.17, 15) is 9.18 Å². The Balaban J connectivity index is 2.22. The Morgan fingerprint density at radius 2 is 2.31 bits per heavy atom. The van der Waals surface area contributed by atoms with E-state index in [1.54, 1.807) is 11.9 Å². The van der Waals surface area contributed by atoms with Crippen LogP contribution in [0.4, 0.5) is 10.2 Å². The van der Waals surface area contributed by atoms with Crippen molar-refractivity contribution in [3.8, 4) is 0 Å². The van der Waals surface area contributed by atoms with Gasteiger partial charge in [-0.2, -0.15) is 0 Å². The summed E-state index contributed by atoms with van der Waals surface area (Å²) in [5.74, 6) is -0.716. The molecule has 1 saturated carbocycles. The van der Waals surface area contributed by atoms with Crippen molar-refractivity contribution < 1.29 is 9.18 Å². The van der Waals surface area contributed by atoms with E-state index in [1.807, 2.05) is 0 Å². The number of nitrogens with zero attached hydrogens (tertiary/aromatic N) is 2. The van der Waals surface area contributed by atoms with Gasteiger partial charge in [-0.05, 0) is 25.3 Å². The molecule has 4 nitrogen and oxygen atoms in total. The molecule has 0 spiro atoms. The van der Waals surface area contributed by atoms with Crippen LogP contribution >= 0.6 is 0 Å². The fraction of sp³-hybridized carbons (Fsp3) is 0.455. The van der Waals surface area contributed by atoms with Crippen LogP contribution in [0.15, 0.2) is 12.3 Å². The van der Waals surface area contributed by atoms with Crippen molar-refractivity contribution in [2.24, 2.45) is 0 Å². The SMILES string of the molecule is CN(C(=O)c1cc(F)cnc1N)C1CCC1. The van der Waals surface area contributed by atoms with Crippen LogP contribution in [0.25, 0.3) is 0 Å². The first-order chi connectivity index (χ1) is 7.59. The number of anilines is 1. The highest BCUT2D eigenvalue weighted by atomic mass is 19.1. The molecule has 0 unspecified atom stereocenters. The number of rotatable bonds is 2. The zero-order chi connectivity index (χ0) is 11.7. The third-order valence-electron chi connectivity index (χ3n) is 3.06. The molecule has 2 rings (SSSR count). The summed E-state index contributed by atoms with van der Waals surface area (Å²) in [4.78, 5) is 17.3. The van der Waals surface area contributed by atoms with Gasteiger partial charge in [0.1, 0.15) is 11.6 Å². The van der Waals surface area contributed by atoms with Gasteiger partial charge in [0.25, 0.3) is 5.91 Å². The summed E-state index contributed by atoms with van der Waals surface area (Å²) in [7, 11) is 1.72. The molecule has 0 radical (unpaired) electrons. The molecule has 1 amide bonds.